The lowest BCUT2D eigenvalue weighted by Gasteiger charge is -1.96. The van der Waals surface area contributed by atoms with Crippen molar-refractivity contribution >= 4 is 30.5 Å². The number of hydrogen-bond acceptors (Lipinski definition) is 2. The molecule has 0 spiro atoms. The second kappa shape index (κ2) is 5.27. The highest BCUT2D eigenvalue weighted by Gasteiger charge is 1.99. The largest absolute Gasteiger partial charge is 0.396 e. The van der Waals surface area contributed by atoms with E-state index in [0.717, 1.165) is 17.8 Å². The summed E-state index contributed by atoms with van der Waals surface area (Å²) < 4.78 is 1.80. The molecule has 1 aromatic heterocycles. The quantitative estimate of drug-likeness (QED) is 0.741. The molecule has 0 aliphatic carbocycles. The van der Waals surface area contributed by atoms with E-state index in [9.17, 15) is 0 Å². The van der Waals surface area contributed by atoms with Crippen molar-refractivity contribution in [1.82, 2.24) is 9.78 Å². The fourth-order valence-corrected chi connectivity index (χ4v) is 0.913. The van der Waals surface area contributed by atoms with E-state index in [1.54, 1.807) is 10.9 Å². The Bertz CT molecular complexity index is 190. The average Bonchev–Trinajstić information content (AvgIpc) is 2.12. The molecule has 1 aromatic rings. The van der Waals surface area contributed by atoms with Crippen molar-refractivity contribution in [2.75, 3.05) is 5.73 Å². The highest BCUT2D eigenvalue weighted by atomic mass is 35.5. The number of aryl methyl sites for hydroxylation is 1. The van der Waals surface area contributed by atoms with Gasteiger partial charge in [0.2, 0.25) is 0 Å². The van der Waals surface area contributed by atoms with Gasteiger partial charge in [-0.3, -0.25) is 4.68 Å². The van der Waals surface area contributed by atoms with E-state index in [2.05, 4.69) is 12.0 Å². The van der Waals surface area contributed by atoms with Gasteiger partial charge in [-0.15, -0.1) is 24.8 Å². The molecule has 0 radical (unpaired) electrons. The first-order valence-corrected chi connectivity index (χ1v) is 3.02. The van der Waals surface area contributed by atoms with E-state index >= 15 is 0 Å². The van der Waals surface area contributed by atoms with Gasteiger partial charge < -0.3 is 5.73 Å². The summed E-state index contributed by atoms with van der Waals surface area (Å²) in [6.45, 7) is 2.06. The Balaban J connectivity index is 0. The maximum absolute atomic E-state index is 5.57. The zero-order valence-electron chi connectivity index (χ0n) is 6.57. The normalized spacial score (nSPS) is 8.18. The highest BCUT2D eigenvalue weighted by Crippen LogP contribution is 2.08. The van der Waals surface area contributed by atoms with Crippen molar-refractivity contribution in [3.63, 3.8) is 0 Å². The summed E-state index contributed by atoms with van der Waals surface area (Å²) in [4.78, 5) is 0. The molecule has 66 valence electrons. The Labute approximate surface area is 78.8 Å². The van der Waals surface area contributed by atoms with Gasteiger partial charge in [0, 0.05) is 7.05 Å². The minimum Gasteiger partial charge on any atom is -0.396 e. The van der Waals surface area contributed by atoms with Crippen LogP contribution in [-0.2, 0) is 13.5 Å². The van der Waals surface area contributed by atoms with Crippen molar-refractivity contribution < 1.29 is 0 Å². The molecule has 0 saturated heterocycles. The van der Waals surface area contributed by atoms with Crippen LogP contribution in [0.15, 0.2) is 6.20 Å². The second-order valence-corrected chi connectivity index (χ2v) is 2.02. The molecule has 0 amide bonds. The van der Waals surface area contributed by atoms with Crippen LogP contribution in [0, 0.1) is 0 Å². The van der Waals surface area contributed by atoms with Gasteiger partial charge in [0.1, 0.15) is 0 Å². The van der Waals surface area contributed by atoms with Gasteiger partial charge in [-0.25, -0.2) is 0 Å². The number of rotatable bonds is 1. The van der Waals surface area contributed by atoms with Crippen LogP contribution in [0.3, 0.4) is 0 Å². The van der Waals surface area contributed by atoms with Crippen molar-refractivity contribution in [3.8, 4) is 0 Å². The van der Waals surface area contributed by atoms with Gasteiger partial charge >= 0.3 is 0 Å². The van der Waals surface area contributed by atoms with Crippen LogP contribution in [0.5, 0.6) is 0 Å². The minimum atomic E-state index is 0. The Morgan fingerprint density at radius 2 is 2.09 bits per heavy atom. The number of nitrogens with two attached hydrogens (primary N) is 1. The van der Waals surface area contributed by atoms with Gasteiger partial charge in [-0.1, -0.05) is 6.92 Å². The molecule has 3 nitrogen and oxygen atoms in total. The van der Waals surface area contributed by atoms with Gasteiger partial charge in [0.15, 0.2) is 0 Å². The molecule has 0 fully saturated rings. The predicted molar refractivity (Wildman–Crippen MR) is 51.5 cm³/mol. The highest BCUT2D eigenvalue weighted by molar-refractivity contribution is 5.85. The van der Waals surface area contributed by atoms with Crippen LogP contribution >= 0.6 is 24.8 Å². The molecule has 1 heterocycles. The third kappa shape index (κ3) is 2.60. The Kier molecular flexibility index (Phi) is 6.32. The Hall–Kier alpha value is -0.410. The molecule has 0 atom stereocenters. The van der Waals surface area contributed by atoms with Crippen molar-refractivity contribution in [2.45, 2.75) is 13.3 Å². The minimum absolute atomic E-state index is 0. The SMILES string of the molecule is CCc1c(N)cnn1C.Cl.Cl. The molecule has 0 saturated carbocycles. The van der Waals surface area contributed by atoms with E-state index in [-0.39, 0.29) is 24.8 Å². The molecular formula is C6H13Cl2N3. The van der Waals surface area contributed by atoms with Crippen LogP contribution in [0.1, 0.15) is 12.6 Å². The third-order valence-corrected chi connectivity index (χ3v) is 1.43. The molecule has 0 aliphatic rings. The van der Waals surface area contributed by atoms with Crippen molar-refractivity contribution in [1.29, 1.82) is 0 Å². The monoisotopic (exact) mass is 197 g/mol. The first-order chi connectivity index (χ1) is 4.25. The maximum atomic E-state index is 5.57. The predicted octanol–water partition coefficient (Wildman–Crippen LogP) is 1.41. The molecule has 11 heavy (non-hydrogen) atoms. The number of nitrogen functional groups attached to an aromatic ring is 1. The topological polar surface area (TPSA) is 43.8 Å². The van der Waals surface area contributed by atoms with Crippen LogP contribution in [-0.4, -0.2) is 9.78 Å². The molecule has 0 aliphatic heterocycles. The molecule has 1 rings (SSSR count). The summed E-state index contributed by atoms with van der Waals surface area (Å²) in [5.41, 5.74) is 7.47. The van der Waals surface area contributed by atoms with Crippen LogP contribution in [0.2, 0.25) is 0 Å². The van der Waals surface area contributed by atoms with Crippen LogP contribution in [0.25, 0.3) is 0 Å². The summed E-state index contributed by atoms with van der Waals surface area (Å²) in [6.07, 6.45) is 2.63. The molecule has 2 N–H and O–H groups in total. The standard InChI is InChI=1S/C6H11N3.2ClH/c1-3-6-5(7)4-8-9(6)2;;/h4H,3,7H2,1-2H3;2*1H. The lowest BCUT2D eigenvalue weighted by Crippen LogP contribution is -1.98. The van der Waals surface area contributed by atoms with Gasteiger partial charge in [-0.2, -0.15) is 5.10 Å². The van der Waals surface area contributed by atoms with Crippen molar-refractivity contribution in [2.24, 2.45) is 7.05 Å². The summed E-state index contributed by atoms with van der Waals surface area (Å²) in [5, 5.41) is 3.98. The van der Waals surface area contributed by atoms with Gasteiger partial charge in [-0.05, 0) is 6.42 Å². The summed E-state index contributed by atoms with van der Waals surface area (Å²) in [7, 11) is 1.90. The third-order valence-electron chi connectivity index (χ3n) is 1.43. The van der Waals surface area contributed by atoms with E-state index < -0.39 is 0 Å². The molecule has 5 heteroatoms. The number of halogens is 2. The number of anilines is 1. The van der Waals surface area contributed by atoms with Crippen LogP contribution < -0.4 is 5.73 Å². The average molecular weight is 198 g/mol. The molecular weight excluding hydrogens is 185 g/mol. The number of nitrogens with zero attached hydrogens (tertiary/aromatic N) is 2. The second-order valence-electron chi connectivity index (χ2n) is 2.02. The van der Waals surface area contributed by atoms with Crippen LogP contribution in [0.4, 0.5) is 5.69 Å². The van der Waals surface area contributed by atoms with E-state index in [1.807, 2.05) is 7.05 Å². The summed E-state index contributed by atoms with van der Waals surface area (Å²) in [6, 6.07) is 0. The van der Waals surface area contributed by atoms with Crippen molar-refractivity contribution in [3.05, 3.63) is 11.9 Å². The molecule has 0 aromatic carbocycles. The lowest BCUT2D eigenvalue weighted by molar-refractivity contribution is 0.719. The smallest absolute Gasteiger partial charge is 0.0732 e. The van der Waals surface area contributed by atoms with E-state index in [0.29, 0.717) is 0 Å². The fourth-order valence-electron chi connectivity index (χ4n) is 0.913. The van der Waals surface area contributed by atoms with Gasteiger partial charge in [0.05, 0.1) is 17.6 Å². The van der Waals surface area contributed by atoms with E-state index in [1.165, 1.54) is 0 Å². The summed E-state index contributed by atoms with van der Waals surface area (Å²) in [5.74, 6) is 0. The fraction of sp³-hybridized carbons (Fsp3) is 0.500. The Morgan fingerprint density at radius 1 is 1.55 bits per heavy atom. The number of hydrogen-bond donors (Lipinski definition) is 1. The molecule has 0 unspecified atom stereocenters. The first kappa shape index (κ1) is 13.2. The van der Waals surface area contributed by atoms with E-state index in [4.69, 9.17) is 5.73 Å². The first-order valence-electron chi connectivity index (χ1n) is 3.02. The summed E-state index contributed by atoms with van der Waals surface area (Å²) >= 11 is 0. The maximum Gasteiger partial charge on any atom is 0.0732 e. The molecule has 0 bridgehead atoms. The zero-order valence-corrected chi connectivity index (χ0v) is 8.21. The lowest BCUT2D eigenvalue weighted by atomic mass is 10.3. The Morgan fingerprint density at radius 3 is 2.27 bits per heavy atom. The zero-order chi connectivity index (χ0) is 6.85. The number of aromatic nitrogens is 2. The van der Waals surface area contributed by atoms with Gasteiger partial charge in [0.25, 0.3) is 0 Å².